The number of aliphatic hydroxyl groups is 1. The topological polar surface area (TPSA) is 75.1 Å². The Morgan fingerprint density at radius 1 is 1.41 bits per heavy atom. The number of thiazole rings is 1. The third-order valence-corrected chi connectivity index (χ3v) is 4.67. The Morgan fingerprint density at radius 3 is 2.82 bits per heavy atom. The van der Waals surface area contributed by atoms with Crippen LogP contribution in [0.15, 0.2) is 29.9 Å². The van der Waals surface area contributed by atoms with Crippen molar-refractivity contribution in [1.82, 2.24) is 15.3 Å². The Morgan fingerprint density at radius 2 is 2.18 bits per heavy atom. The first-order chi connectivity index (χ1) is 10.6. The molecule has 0 saturated carbocycles. The van der Waals surface area contributed by atoms with Crippen LogP contribution >= 0.6 is 11.3 Å². The highest BCUT2D eigenvalue weighted by Gasteiger charge is 2.22. The molecule has 5 nitrogen and oxygen atoms in total. The Bertz CT molecular complexity index is 609. The van der Waals surface area contributed by atoms with Crippen molar-refractivity contribution >= 4 is 17.2 Å². The van der Waals surface area contributed by atoms with Gasteiger partial charge in [-0.15, -0.1) is 11.3 Å². The van der Waals surface area contributed by atoms with E-state index in [9.17, 15) is 9.90 Å². The van der Waals surface area contributed by atoms with Crippen LogP contribution in [0.4, 0.5) is 0 Å². The van der Waals surface area contributed by atoms with Crippen molar-refractivity contribution in [3.8, 4) is 10.6 Å². The monoisotopic (exact) mass is 319 g/mol. The third kappa shape index (κ3) is 4.35. The minimum absolute atomic E-state index is 0.122. The van der Waals surface area contributed by atoms with Gasteiger partial charge in [0.05, 0.1) is 17.7 Å². The van der Waals surface area contributed by atoms with Crippen LogP contribution in [0.5, 0.6) is 0 Å². The molecule has 0 aromatic carbocycles. The van der Waals surface area contributed by atoms with E-state index in [1.807, 2.05) is 31.4 Å². The lowest BCUT2D eigenvalue weighted by molar-refractivity contribution is -0.121. The van der Waals surface area contributed by atoms with Crippen molar-refractivity contribution in [2.75, 3.05) is 6.54 Å². The zero-order valence-electron chi connectivity index (χ0n) is 12.9. The van der Waals surface area contributed by atoms with Crippen molar-refractivity contribution in [3.05, 3.63) is 35.6 Å². The summed E-state index contributed by atoms with van der Waals surface area (Å²) in [6.45, 7) is 4.10. The number of carbonyl (C=O) groups excluding carboxylic acids is 1. The maximum Gasteiger partial charge on any atom is 0.226 e. The lowest BCUT2D eigenvalue weighted by Crippen LogP contribution is -2.42. The number of rotatable bonds is 7. The number of pyridine rings is 1. The molecular weight excluding hydrogens is 298 g/mol. The van der Waals surface area contributed by atoms with Crippen LogP contribution in [0.25, 0.3) is 10.6 Å². The second-order valence-corrected chi connectivity index (χ2v) is 6.13. The fourth-order valence-electron chi connectivity index (χ4n) is 2.00. The van der Waals surface area contributed by atoms with Gasteiger partial charge in [-0.1, -0.05) is 13.8 Å². The lowest BCUT2D eigenvalue weighted by Gasteiger charge is -2.25. The normalized spacial score (nSPS) is 11.4. The molecule has 0 aliphatic heterocycles. The molecule has 0 fully saturated rings. The van der Waals surface area contributed by atoms with Crippen molar-refractivity contribution in [3.63, 3.8) is 0 Å². The summed E-state index contributed by atoms with van der Waals surface area (Å²) < 4.78 is 0. The highest BCUT2D eigenvalue weighted by molar-refractivity contribution is 7.13. The highest BCUT2D eigenvalue weighted by Crippen LogP contribution is 2.22. The first-order valence-corrected chi connectivity index (χ1v) is 8.28. The van der Waals surface area contributed by atoms with Crippen LogP contribution < -0.4 is 5.32 Å². The molecule has 0 unspecified atom stereocenters. The average Bonchev–Trinajstić information content (AvgIpc) is 3.02. The van der Waals surface area contributed by atoms with Gasteiger partial charge in [0.2, 0.25) is 5.91 Å². The van der Waals surface area contributed by atoms with E-state index >= 15 is 0 Å². The molecule has 0 aliphatic rings. The average molecular weight is 319 g/mol. The molecule has 0 saturated heterocycles. The maximum atomic E-state index is 12.0. The van der Waals surface area contributed by atoms with Crippen LogP contribution in [0.2, 0.25) is 0 Å². The molecule has 118 valence electrons. The minimum atomic E-state index is -0.821. The van der Waals surface area contributed by atoms with Crippen LogP contribution in [-0.4, -0.2) is 33.1 Å². The predicted molar refractivity (Wildman–Crippen MR) is 87.6 cm³/mol. The summed E-state index contributed by atoms with van der Waals surface area (Å²) in [5.74, 6) is -0.122. The van der Waals surface area contributed by atoms with Crippen LogP contribution in [-0.2, 0) is 11.2 Å². The fraction of sp³-hybridized carbons (Fsp3) is 0.438. The third-order valence-electron chi connectivity index (χ3n) is 3.73. The Balaban J connectivity index is 1.92. The van der Waals surface area contributed by atoms with Crippen molar-refractivity contribution < 1.29 is 9.90 Å². The van der Waals surface area contributed by atoms with Crippen molar-refractivity contribution in [2.24, 2.45) is 0 Å². The van der Waals surface area contributed by atoms with Gasteiger partial charge in [-0.2, -0.15) is 0 Å². The summed E-state index contributed by atoms with van der Waals surface area (Å²) in [6, 6.07) is 3.80. The van der Waals surface area contributed by atoms with Crippen molar-refractivity contribution in [1.29, 1.82) is 0 Å². The number of carbonyl (C=O) groups is 1. The quantitative estimate of drug-likeness (QED) is 0.822. The molecule has 0 spiro atoms. The number of amides is 1. The van der Waals surface area contributed by atoms with Gasteiger partial charge in [-0.05, 0) is 25.0 Å². The van der Waals surface area contributed by atoms with Gasteiger partial charge in [0.25, 0.3) is 0 Å². The molecule has 2 aromatic heterocycles. The predicted octanol–water partition coefficient (Wildman–Crippen LogP) is 2.41. The molecule has 0 atom stereocenters. The molecule has 0 radical (unpaired) electrons. The van der Waals surface area contributed by atoms with Gasteiger partial charge >= 0.3 is 0 Å². The minimum Gasteiger partial charge on any atom is -0.388 e. The summed E-state index contributed by atoms with van der Waals surface area (Å²) in [5.41, 5.74) is 0.863. The molecule has 2 aromatic rings. The zero-order valence-corrected chi connectivity index (χ0v) is 13.7. The molecule has 2 N–H and O–H groups in total. The van der Waals surface area contributed by atoms with E-state index in [1.54, 1.807) is 12.4 Å². The standard InChI is InChI=1S/C16H21N3O2S/c1-3-16(21,4-2)11-18-14(20)8-13-10-22-15(19-13)12-6-5-7-17-9-12/h5-7,9-10,21H,3-4,8,11H2,1-2H3,(H,18,20). The number of hydrogen-bond acceptors (Lipinski definition) is 5. The van der Waals surface area contributed by atoms with Crippen LogP contribution in [0.3, 0.4) is 0 Å². The second-order valence-electron chi connectivity index (χ2n) is 5.27. The molecule has 0 bridgehead atoms. The molecular formula is C16H21N3O2S. The summed E-state index contributed by atoms with van der Waals surface area (Å²) in [7, 11) is 0. The smallest absolute Gasteiger partial charge is 0.226 e. The Kier molecular flexibility index (Phi) is 5.63. The largest absolute Gasteiger partial charge is 0.388 e. The summed E-state index contributed by atoms with van der Waals surface area (Å²) in [4.78, 5) is 20.5. The van der Waals surface area contributed by atoms with E-state index in [0.717, 1.165) is 16.3 Å². The van der Waals surface area contributed by atoms with Gasteiger partial charge in [0, 0.05) is 29.9 Å². The van der Waals surface area contributed by atoms with Crippen LogP contribution in [0.1, 0.15) is 32.4 Å². The molecule has 1 amide bonds. The Labute approximate surface area is 134 Å². The van der Waals surface area contributed by atoms with E-state index in [-0.39, 0.29) is 18.9 Å². The van der Waals surface area contributed by atoms with E-state index in [2.05, 4.69) is 15.3 Å². The van der Waals surface area contributed by atoms with Gasteiger partial charge in [0.1, 0.15) is 5.01 Å². The van der Waals surface area contributed by atoms with E-state index in [1.165, 1.54) is 11.3 Å². The van der Waals surface area contributed by atoms with Gasteiger partial charge in [0.15, 0.2) is 0 Å². The number of aromatic nitrogens is 2. The molecule has 6 heteroatoms. The number of nitrogens with zero attached hydrogens (tertiary/aromatic N) is 2. The van der Waals surface area contributed by atoms with Crippen molar-refractivity contribution in [2.45, 2.75) is 38.7 Å². The summed E-state index contributed by atoms with van der Waals surface area (Å²) in [6.07, 6.45) is 4.93. The highest BCUT2D eigenvalue weighted by atomic mass is 32.1. The fourth-order valence-corrected chi connectivity index (χ4v) is 2.81. The first kappa shape index (κ1) is 16.6. The molecule has 2 rings (SSSR count). The summed E-state index contributed by atoms with van der Waals surface area (Å²) in [5, 5.41) is 15.7. The summed E-state index contributed by atoms with van der Waals surface area (Å²) >= 11 is 1.50. The SMILES string of the molecule is CCC(O)(CC)CNC(=O)Cc1csc(-c2cccnc2)n1. The molecule has 2 heterocycles. The van der Waals surface area contributed by atoms with E-state index in [4.69, 9.17) is 0 Å². The molecule has 22 heavy (non-hydrogen) atoms. The van der Waals surface area contributed by atoms with Gasteiger partial charge in [-0.25, -0.2) is 4.98 Å². The molecule has 0 aliphatic carbocycles. The second kappa shape index (κ2) is 7.47. The number of nitrogens with one attached hydrogen (secondary N) is 1. The lowest BCUT2D eigenvalue weighted by atomic mass is 9.97. The van der Waals surface area contributed by atoms with Crippen LogP contribution in [0, 0.1) is 0 Å². The number of hydrogen-bond donors (Lipinski definition) is 2. The van der Waals surface area contributed by atoms with Gasteiger partial charge < -0.3 is 10.4 Å². The first-order valence-electron chi connectivity index (χ1n) is 7.40. The zero-order chi connectivity index (χ0) is 16.0. The van der Waals surface area contributed by atoms with Gasteiger partial charge in [-0.3, -0.25) is 9.78 Å². The van der Waals surface area contributed by atoms with E-state index < -0.39 is 5.60 Å². The van der Waals surface area contributed by atoms with E-state index in [0.29, 0.717) is 12.8 Å². The Hall–Kier alpha value is -1.79. The maximum absolute atomic E-state index is 12.0.